The van der Waals surface area contributed by atoms with Crippen LogP contribution >= 0.6 is 0 Å². The SMILES string of the molecule is CCOC(=O)C1=C(C)OC(c2ccc(OC)cc2)C1C. The van der Waals surface area contributed by atoms with Crippen LogP contribution in [0.2, 0.25) is 0 Å². The molecule has 1 aliphatic heterocycles. The Labute approximate surface area is 119 Å². The number of rotatable bonds is 4. The standard InChI is InChI=1S/C16H20O4/c1-5-19-16(17)14-10(2)15(20-11(14)3)12-6-8-13(18-4)9-7-12/h6-10,15H,5H2,1-4H3. The van der Waals surface area contributed by atoms with Gasteiger partial charge >= 0.3 is 5.97 Å². The van der Waals surface area contributed by atoms with Crippen molar-refractivity contribution in [2.24, 2.45) is 5.92 Å². The van der Waals surface area contributed by atoms with E-state index in [1.807, 2.05) is 38.1 Å². The fourth-order valence-electron chi connectivity index (χ4n) is 2.52. The summed E-state index contributed by atoms with van der Waals surface area (Å²) in [6.07, 6.45) is -0.152. The van der Waals surface area contributed by atoms with Gasteiger partial charge in [0.1, 0.15) is 17.6 Å². The van der Waals surface area contributed by atoms with Crippen molar-refractivity contribution in [3.63, 3.8) is 0 Å². The van der Waals surface area contributed by atoms with E-state index in [-0.39, 0.29) is 18.0 Å². The van der Waals surface area contributed by atoms with E-state index in [1.165, 1.54) is 0 Å². The third-order valence-corrected chi connectivity index (χ3v) is 3.53. The Morgan fingerprint density at radius 2 is 1.95 bits per heavy atom. The lowest BCUT2D eigenvalue weighted by Gasteiger charge is -2.17. The van der Waals surface area contributed by atoms with Crippen molar-refractivity contribution < 1.29 is 19.0 Å². The van der Waals surface area contributed by atoms with Gasteiger partial charge < -0.3 is 14.2 Å². The lowest BCUT2D eigenvalue weighted by molar-refractivity contribution is -0.139. The first-order chi connectivity index (χ1) is 9.58. The number of benzene rings is 1. The van der Waals surface area contributed by atoms with E-state index in [0.29, 0.717) is 17.9 Å². The van der Waals surface area contributed by atoms with Crippen molar-refractivity contribution in [1.82, 2.24) is 0 Å². The average Bonchev–Trinajstić information content (AvgIpc) is 2.74. The third kappa shape index (κ3) is 2.64. The van der Waals surface area contributed by atoms with Gasteiger partial charge in [-0.1, -0.05) is 19.1 Å². The highest BCUT2D eigenvalue weighted by Gasteiger charge is 2.37. The van der Waals surface area contributed by atoms with Crippen molar-refractivity contribution in [2.75, 3.05) is 13.7 Å². The van der Waals surface area contributed by atoms with E-state index in [0.717, 1.165) is 11.3 Å². The second-order valence-electron chi connectivity index (χ2n) is 4.79. The van der Waals surface area contributed by atoms with Crippen molar-refractivity contribution in [3.05, 3.63) is 41.2 Å². The molecule has 0 aromatic heterocycles. The Morgan fingerprint density at radius 3 is 2.50 bits per heavy atom. The van der Waals surface area contributed by atoms with Gasteiger partial charge in [0, 0.05) is 5.92 Å². The molecule has 2 rings (SSSR count). The zero-order valence-electron chi connectivity index (χ0n) is 12.3. The maximum absolute atomic E-state index is 12.0. The van der Waals surface area contributed by atoms with Gasteiger partial charge in [-0.25, -0.2) is 4.79 Å². The van der Waals surface area contributed by atoms with Crippen molar-refractivity contribution in [2.45, 2.75) is 26.9 Å². The minimum atomic E-state index is -0.284. The van der Waals surface area contributed by atoms with Gasteiger partial charge in [0.05, 0.1) is 19.3 Å². The summed E-state index contributed by atoms with van der Waals surface area (Å²) in [5.41, 5.74) is 1.66. The quantitative estimate of drug-likeness (QED) is 0.792. The third-order valence-electron chi connectivity index (χ3n) is 3.53. The molecule has 4 heteroatoms. The zero-order valence-corrected chi connectivity index (χ0v) is 12.3. The van der Waals surface area contributed by atoms with Crippen LogP contribution in [0.1, 0.15) is 32.4 Å². The largest absolute Gasteiger partial charge is 0.497 e. The van der Waals surface area contributed by atoms with E-state index < -0.39 is 0 Å². The second-order valence-corrected chi connectivity index (χ2v) is 4.79. The smallest absolute Gasteiger partial charge is 0.337 e. The zero-order chi connectivity index (χ0) is 14.7. The predicted octanol–water partition coefficient (Wildman–Crippen LogP) is 3.24. The number of ether oxygens (including phenoxy) is 3. The lowest BCUT2D eigenvalue weighted by Crippen LogP contribution is -2.15. The molecule has 0 aliphatic carbocycles. The van der Waals surface area contributed by atoms with E-state index in [2.05, 4.69) is 0 Å². The van der Waals surface area contributed by atoms with Crippen molar-refractivity contribution in [1.29, 1.82) is 0 Å². The summed E-state index contributed by atoms with van der Waals surface area (Å²) in [5, 5.41) is 0. The normalized spacial score (nSPS) is 21.6. The molecule has 0 saturated carbocycles. The molecule has 0 N–H and O–H groups in total. The molecule has 108 valence electrons. The maximum atomic E-state index is 12.0. The van der Waals surface area contributed by atoms with Crippen LogP contribution in [0.5, 0.6) is 5.75 Å². The summed E-state index contributed by atoms with van der Waals surface area (Å²) in [7, 11) is 1.63. The predicted molar refractivity (Wildman–Crippen MR) is 75.3 cm³/mol. The van der Waals surface area contributed by atoms with Crippen LogP contribution in [0.25, 0.3) is 0 Å². The van der Waals surface area contributed by atoms with E-state index in [1.54, 1.807) is 14.0 Å². The molecule has 1 aliphatic rings. The van der Waals surface area contributed by atoms with Gasteiger partial charge in [0.2, 0.25) is 0 Å². The van der Waals surface area contributed by atoms with Crippen LogP contribution in [0, 0.1) is 5.92 Å². The number of hydrogen-bond acceptors (Lipinski definition) is 4. The van der Waals surface area contributed by atoms with Gasteiger partial charge in [0.25, 0.3) is 0 Å². The molecule has 1 aromatic carbocycles. The molecule has 0 fully saturated rings. The molecule has 20 heavy (non-hydrogen) atoms. The molecule has 1 aromatic rings. The average molecular weight is 276 g/mol. The van der Waals surface area contributed by atoms with Crippen LogP contribution in [-0.4, -0.2) is 19.7 Å². The van der Waals surface area contributed by atoms with Crippen LogP contribution in [0.4, 0.5) is 0 Å². The van der Waals surface area contributed by atoms with Gasteiger partial charge in [-0.05, 0) is 31.5 Å². The molecule has 2 atom stereocenters. The Morgan fingerprint density at radius 1 is 1.30 bits per heavy atom. The van der Waals surface area contributed by atoms with Crippen LogP contribution in [0.15, 0.2) is 35.6 Å². The molecule has 1 heterocycles. The van der Waals surface area contributed by atoms with Crippen LogP contribution < -0.4 is 4.74 Å². The number of methoxy groups -OCH3 is 1. The van der Waals surface area contributed by atoms with Gasteiger partial charge in [0.15, 0.2) is 0 Å². The second kappa shape index (κ2) is 5.99. The van der Waals surface area contributed by atoms with E-state index in [4.69, 9.17) is 14.2 Å². The first-order valence-corrected chi connectivity index (χ1v) is 6.77. The topological polar surface area (TPSA) is 44.8 Å². The fraction of sp³-hybridized carbons (Fsp3) is 0.438. The number of carbonyl (C=O) groups excluding carboxylic acids is 1. The van der Waals surface area contributed by atoms with E-state index in [9.17, 15) is 4.79 Å². The Bertz CT molecular complexity index is 516. The number of allylic oxidation sites excluding steroid dienone is 1. The summed E-state index contributed by atoms with van der Waals surface area (Å²) in [6.45, 7) is 5.97. The summed E-state index contributed by atoms with van der Waals surface area (Å²) in [5.74, 6) is 1.14. The molecule has 0 radical (unpaired) electrons. The number of carbonyl (C=O) groups is 1. The van der Waals surface area contributed by atoms with E-state index >= 15 is 0 Å². The monoisotopic (exact) mass is 276 g/mol. The minimum absolute atomic E-state index is 0.0255. The molecular formula is C16H20O4. The number of hydrogen-bond donors (Lipinski definition) is 0. The van der Waals surface area contributed by atoms with Gasteiger partial charge in [-0.2, -0.15) is 0 Å². The van der Waals surface area contributed by atoms with Crippen LogP contribution in [-0.2, 0) is 14.3 Å². The highest BCUT2D eigenvalue weighted by atomic mass is 16.5. The van der Waals surface area contributed by atoms with Crippen LogP contribution in [0.3, 0.4) is 0 Å². The fourth-order valence-corrected chi connectivity index (χ4v) is 2.52. The van der Waals surface area contributed by atoms with Crippen molar-refractivity contribution >= 4 is 5.97 Å². The summed E-state index contributed by atoms with van der Waals surface area (Å²) >= 11 is 0. The first kappa shape index (κ1) is 14.4. The summed E-state index contributed by atoms with van der Waals surface area (Å²) in [6, 6.07) is 7.70. The minimum Gasteiger partial charge on any atom is -0.497 e. The highest BCUT2D eigenvalue weighted by molar-refractivity contribution is 5.90. The maximum Gasteiger partial charge on any atom is 0.337 e. The Balaban J connectivity index is 2.19. The van der Waals surface area contributed by atoms with Gasteiger partial charge in [-0.3, -0.25) is 0 Å². The molecule has 0 spiro atoms. The van der Waals surface area contributed by atoms with Gasteiger partial charge in [-0.15, -0.1) is 0 Å². The summed E-state index contributed by atoms with van der Waals surface area (Å²) < 4.78 is 16.1. The highest BCUT2D eigenvalue weighted by Crippen LogP contribution is 2.41. The molecular weight excluding hydrogens is 256 g/mol. The van der Waals surface area contributed by atoms with Crippen molar-refractivity contribution in [3.8, 4) is 5.75 Å². The lowest BCUT2D eigenvalue weighted by atomic mass is 9.92. The molecule has 0 saturated heterocycles. The molecule has 0 bridgehead atoms. The molecule has 0 amide bonds. The molecule has 2 unspecified atom stereocenters. The molecule has 4 nitrogen and oxygen atoms in total. The Hall–Kier alpha value is -1.97. The Kier molecular flexibility index (Phi) is 4.32. The first-order valence-electron chi connectivity index (χ1n) is 6.77. The summed E-state index contributed by atoms with van der Waals surface area (Å²) in [4.78, 5) is 12.0. The number of esters is 1.